The summed E-state index contributed by atoms with van der Waals surface area (Å²) in [4.78, 5) is 44.4. The zero-order chi connectivity index (χ0) is 26.2. The van der Waals surface area contributed by atoms with Crippen LogP contribution < -0.4 is 15.1 Å². The topological polar surface area (TPSA) is 69.7 Å². The Morgan fingerprint density at radius 1 is 0.842 bits per heavy atom. The predicted octanol–water partition coefficient (Wildman–Crippen LogP) is 5.80. The second-order valence-electron chi connectivity index (χ2n) is 9.80. The van der Waals surface area contributed by atoms with Crippen LogP contribution in [0.3, 0.4) is 0 Å². The van der Waals surface area contributed by atoms with Crippen molar-refractivity contribution >= 4 is 40.2 Å². The molecule has 1 N–H and O–H groups in total. The summed E-state index contributed by atoms with van der Waals surface area (Å²) in [5.41, 5.74) is 4.95. The third-order valence-electron chi connectivity index (χ3n) is 7.30. The monoisotopic (exact) mass is 501 g/mol. The first-order chi connectivity index (χ1) is 18.5. The van der Waals surface area contributed by atoms with E-state index in [1.807, 2.05) is 96.8 Å². The Bertz CT molecular complexity index is 1530. The minimum absolute atomic E-state index is 0.111. The average Bonchev–Trinajstić information content (AvgIpc) is 3.36. The molecule has 2 atom stereocenters. The van der Waals surface area contributed by atoms with Gasteiger partial charge >= 0.3 is 0 Å². The van der Waals surface area contributed by atoms with E-state index in [0.29, 0.717) is 28.9 Å². The molecule has 0 aromatic heterocycles. The molecule has 1 saturated heterocycles. The minimum Gasteiger partial charge on any atom is -0.372 e. The quantitative estimate of drug-likeness (QED) is 0.350. The number of fused-ring (bicyclic) bond motifs is 3. The standard InChI is InChI=1S/C32H27N3O3/c1-21-15-17-23(18-16-21)35(32(38)22-9-3-2-4-10-22)27-13-7-5-11-25(27)31(37)30-29-19-24(36)20-34(29)28-14-8-6-12-26(28)33-30/h2-18,29-30,33H,19-20H2,1H3/t29-,30?/m1/s1. The molecule has 0 radical (unpaired) electrons. The van der Waals surface area contributed by atoms with Gasteiger partial charge in [0.2, 0.25) is 0 Å². The number of nitrogens with one attached hydrogen (secondary N) is 1. The molecule has 2 aliphatic rings. The Balaban J connectivity index is 1.45. The second kappa shape index (κ2) is 9.63. The van der Waals surface area contributed by atoms with Crippen molar-refractivity contribution < 1.29 is 14.4 Å². The smallest absolute Gasteiger partial charge is 0.262 e. The Labute approximate surface area is 221 Å². The van der Waals surface area contributed by atoms with Gasteiger partial charge in [-0.25, -0.2) is 0 Å². The summed E-state index contributed by atoms with van der Waals surface area (Å²) in [5, 5.41) is 3.41. The van der Waals surface area contributed by atoms with Crippen molar-refractivity contribution in [3.05, 3.63) is 120 Å². The molecule has 0 bridgehead atoms. The predicted molar refractivity (Wildman–Crippen MR) is 149 cm³/mol. The number of nitrogens with zero attached hydrogens (tertiary/aromatic N) is 2. The normalized spacial score (nSPS) is 17.8. The van der Waals surface area contributed by atoms with Crippen LogP contribution in [0.2, 0.25) is 0 Å². The highest BCUT2D eigenvalue weighted by Crippen LogP contribution is 2.40. The number of amides is 1. The maximum atomic E-state index is 14.3. The van der Waals surface area contributed by atoms with Crippen LogP contribution in [0.15, 0.2) is 103 Å². The zero-order valence-electron chi connectivity index (χ0n) is 21.0. The Hall–Kier alpha value is -4.71. The number of anilines is 4. The molecule has 2 heterocycles. The van der Waals surface area contributed by atoms with Crippen LogP contribution in [0, 0.1) is 6.92 Å². The number of rotatable bonds is 5. The van der Waals surface area contributed by atoms with Gasteiger partial charge < -0.3 is 10.2 Å². The lowest BCUT2D eigenvalue weighted by Crippen LogP contribution is -2.51. The van der Waals surface area contributed by atoms with Crippen LogP contribution in [0.25, 0.3) is 0 Å². The summed E-state index contributed by atoms with van der Waals surface area (Å²) >= 11 is 0. The average molecular weight is 502 g/mol. The van der Waals surface area contributed by atoms with Crippen LogP contribution in [0.5, 0.6) is 0 Å². The van der Waals surface area contributed by atoms with E-state index in [-0.39, 0.29) is 30.1 Å². The van der Waals surface area contributed by atoms with Gasteiger partial charge in [0.05, 0.1) is 29.6 Å². The lowest BCUT2D eigenvalue weighted by Gasteiger charge is -2.39. The first-order valence-electron chi connectivity index (χ1n) is 12.7. The molecule has 4 aromatic carbocycles. The maximum absolute atomic E-state index is 14.3. The van der Waals surface area contributed by atoms with Gasteiger partial charge in [0.1, 0.15) is 6.04 Å². The van der Waals surface area contributed by atoms with Gasteiger partial charge in [-0.05, 0) is 55.5 Å². The van der Waals surface area contributed by atoms with Crippen molar-refractivity contribution in [2.75, 3.05) is 21.7 Å². The summed E-state index contributed by atoms with van der Waals surface area (Å²) in [5.74, 6) is -0.271. The van der Waals surface area contributed by atoms with Gasteiger partial charge in [0, 0.05) is 23.2 Å². The van der Waals surface area contributed by atoms with E-state index in [0.717, 1.165) is 16.9 Å². The van der Waals surface area contributed by atoms with Gasteiger partial charge in [-0.2, -0.15) is 0 Å². The van der Waals surface area contributed by atoms with E-state index in [1.165, 1.54) is 0 Å². The minimum atomic E-state index is -0.635. The van der Waals surface area contributed by atoms with Gasteiger partial charge in [-0.3, -0.25) is 19.3 Å². The Kier molecular flexibility index (Phi) is 6.00. The second-order valence-corrected chi connectivity index (χ2v) is 9.80. The van der Waals surface area contributed by atoms with Crippen LogP contribution in [0.1, 0.15) is 32.7 Å². The highest BCUT2D eigenvalue weighted by molar-refractivity contribution is 6.16. The van der Waals surface area contributed by atoms with Crippen LogP contribution in [-0.4, -0.2) is 36.1 Å². The summed E-state index contributed by atoms with van der Waals surface area (Å²) in [6.45, 7) is 2.28. The van der Waals surface area contributed by atoms with Gasteiger partial charge in [-0.15, -0.1) is 0 Å². The van der Waals surface area contributed by atoms with Gasteiger partial charge in [-0.1, -0.05) is 60.2 Å². The molecule has 188 valence electrons. The molecule has 2 aliphatic heterocycles. The van der Waals surface area contributed by atoms with E-state index >= 15 is 0 Å². The van der Waals surface area contributed by atoms with Crippen molar-refractivity contribution in [2.45, 2.75) is 25.4 Å². The third kappa shape index (κ3) is 4.14. The number of ketones is 2. The fourth-order valence-corrected chi connectivity index (χ4v) is 5.44. The number of hydrogen-bond acceptors (Lipinski definition) is 5. The van der Waals surface area contributed by atoms with E-state index in [1.54, 1.807) is 23.1 Å². The van der Waals surface area contributed by atoms with Crippen molar-refractivity contribution in [1.29, 1.82) is 0 Å². The summed E-state index contributed by atoms with van der Waals surface area (Å²) in [7, 11) is 0. The van der Waals surface area contributed by atoms with E-state index < -0.39 is 6.04 Å². The highest BCUT2D eigenvalue weighted by Gasteiger charge is 2.44. The van der Waals surface area contributed by atoms with Crippen LogP contribution >= 0.6 is 0 Å². The zero-order valence-corrected chi connectivity index (χ0v) is 21.0. The fraction of sp³-hybridized carbons (Fsp3) is 0.156. The molecule has 0 saturated carbocycles. The molecular formula is C32H27N3O3. The van der Waals surface area contributed by atoms with E-state index in [2.05, 4.69) is 5.32 Å². The third-order valence-corrected chi connectivity index (χ3v) is 7.30. The molecule has 6 heteroatoms. The Morgan fingerprint density at radius 2 is 1.53 bits per heavy atom. The number of Topliss-reactive ketones (excluding diaryl/α,β-unsaturated/α-hetero) is 2. The number of carbonyl (C=O) groups excluding carboxylic acids is 3. The number of carbonyl (C=O) groups is 3. The summed E-state index contributed by atoms with van der Waals surface area (Å²) < 4.78 is 0. The molecule has 1 unspecified atom stereocenters. The molecular weight excluding hydrogens is 474 g/mol. The molecule has 1 fully saturated rings. The molecule has 38 heavy (non-hydrogen) atoms. The van der Waals surface area contributed by atoms with Crippen molar-refractivity contribution in [1.82, 2.24) is 0 Å². The first-order valence-corrected chi connectivity index (χ1v) is 12.7. The highest BCUT2D eigenvalue weighted by atomic mass is 16.2. The lowest BCUT2D eigenvalue weighted by atomic mass is 9.92. The number of hydrogen-bond donors (Lipinski definition) is 1. The van der Waals surface area contributed by atoms with Crippen LogP contribution in [-0.2, 0) is 4.79 Å². The van der Waals surface area contributed by atoms with E-state index in [4.69, 9.17) is 0 Å². The van der Waals surface area contributed by atoms with Crippen molar-refractivity contribution in [2.24, 2.45) is 0 Å². The molecule has 1 amide bonds. The van der Waals surface area contributed by atoms with Gasteiger partial charge in [0.25, 0.3) is 5.91 Å². The Morgan fingerprint density at radius 3 is 2.32 bits per heavy atom. The summed E-state index contributed by atoms with van der Waals surface area (Å²) in [6.07, 6.45) is 0.296. The number of aryl methyl sites for hydroxylation is 1. The SMILES string of the molecule is Cc1ccc(N(C(=O)c2ccccc2)c2ccccc2C(=O)C2Nc3ccccc3N3CC(=O)C[C@H]23)cc1. The molecule has 6 rings (SSSR count). The molecule has 0 aliphatic carbocycles. The fourth-order valence-electron chi connectivity index (χ4n) is 5.44. The number of para-hydroxylation sites is 3. The van der Waals surface area contributed by atoms with Crippen molar-refractivity contribution in [3.8, 4) is 0 Å². The summed E-state index contributed by atoms with van der Waals surface area (Å²) in [6, 6.07) is 30.8. The van der Waals surface area contributed by atoms with Crippen molar-refractivity contribution in [3.63, 3.8) is 0 Å². The van der Waals surface area contributed by atoms with Gasteiger partial charge in [0.15, 0.2) is 11.6 Å². The van der Waals surface area contributed by atoms with E-state index in [9.17, 15) is 14.4 Å². The molecule has 6 nitrogen and oxygen atoms in total. The van der Waals surface area contributed by atoms with Crippen LogP contribution in [0.4, 0.5) is 22.7 Å². The first kappa shape index (κ1) is 23.7. The lowest BCUT2D eigenvalue weighted by molar-refractivity contribution is -0.116. The number of benzene rings is 4. The molecule has 0 spiro atoms. The maximum Gasteiger partial charge on any atom is 0.262 e. The largest absolute Gasteiger partial charge is 0.372 e. The molecule has 4 aromatic rings.